The summed E-state index contributed by atoms with van der Waals surface area (Å²) >= 11 is 5.83. The molecule has 0 atom stereocenters. The zero-order valence-corrected chi connectivity index (χ0v) is 15.3. The SMILES string of the molecule is Cc1cccc(C)c1NC(=O)CN(C)C(=O)/C=C/c1ccc(Cl)cc1. The van der Waals surface area contributed by atoms with Gasteiger partial charge in [-0.25, -0.2) is 0 Å². The highest BCUT2D eigenvalue weighted by atomic mass is 35.5. The molecule has 0 fully saturated rings. The number of hydrogen-bond donors (Lipinski definition) is 1. The molecule has 0 aliphatic rings. The first-order chi connectivity index (χ1) is 11.9. The summed E-state index contributed by atoms with van der Waals surface area (Å²) in [5, 5.41) is 3.52. The molecular weight excluding hydrogens is 336 g/mol. The third kappa shape index (κ3) is 5.47. The highest BCUT2D eigenvalue weighted by Crippen LogP contribution is 2.19. The molecule has 2 aromatic rings. The summed E-state index contributed by atoms with van der Waals surface area (Å²) in [5.74, 6) is -0.472. The van der Waals surface area contributed by atoms with Crippen LogP contribution in [0.1, 0.15) is 16.7 Å². The number of hydrogen-bond acceptors (Lipinski definition) is 2. The van der Waals surface area contributed by atoms with Gasteiger partial charge in [0, 0.05) is 23.8 Å². The van der Waals surface area contributed by atoms with Crippen molar-refractivity contribution in [3.05, 3.63) is 70.3 Å². The number of anilines is 1. The summed E-state index contributed by atoms with van der Waals surface area (Å²) in [6, 6.07) is 13.0. The standard InChI is InChI=1S/C20H21ClN2O2/c1-14-5-4-6-15(2)20(14)22-18(24)13-23(3)19(25)12-9-16-7-10-17(21)11-8-16/h4-12H,13H2,1-3H3,(H,22,24)/b12-9+. The molecule has 0 radical (unpaired) electrons. The quantitative estimate of drug-likeness (QED) is 0.821. The predicted octanol–water partition coefficient (Wildman–Crippen LogP) is 4.07. The average molecular weight is 357 g/mol. The first-order valence-electron chi connectivity index (χ1n) is 7.91. The lowest BCUT2D eigenvalue weighted by Crippen LogP contribution is -2.34. The molecule has 130 valence electrons. The Kier molecular flexibility index (Phi) is 6.37. The van der Waals surface area contributed by atoms with Crippen LogP contribution in [0.2, 0.25) is 5.02 Å². The fraction of sp³-hybridized carbons (Fsp3) is 0.200. The number of rotatable bonds is 5. The van der Waals surface area contributed by atoms with E-state index in [2.05, 4.69) is 5.32 Å². The van der Waals surface area contributed by atoms with Crippen LogP contribution in [-0.4, -0.2) is 30.3 Å². The molecule has 0 saturated carbocycles. The lowest BCUT2D eigenvalue weighted by atomic mass is 10.1. The van der Waals surface area contributed by atoms with Crippen molar-refractivity contribution in [1.29, 1.82) is 0 Å². The number of nitrogens with zero attached hydrogens (tertiary/aromatic N) is 1. The van der Waals surface area contributed by atoms with E-state index in [1.807, 2.05) is 44.2 Å². The van der Waals surface area contributed by atoms with Gasteiger partial charge < -0.3 is 10.2 Å². The number of halogens is 1. The van der Waals surface area contributed by atoms with Gasteiger partial charge in [0.1, 0.15) is 0 Å². The van der Waals surface area contributed by atoms with Crippen LogP contribution < -0.4 is 5.32 Å². The Morgan fingerprint density at radius 1 is 1.08 bits per heavy atom. The van der Waals surface area contributed by atoms with Crippen LogP contribution in [-0.2, 0) is 9.59 Å². The van der Waals surface area contributed by atoms with Crippen LogP contribution in [0, 0.1) is 13.8 Å². The zero-order chi connectivity index (χ0) is 18.4. The van der Waals surface area contributed by atoms with Crippen molar-refractivity contribution < 1.29 is 9.59 Å². The Morgan fingerprint density at radius 2 is 1.68 bits per heavy atom. The Morgan fingerprint density at radius 3 is 2.28 bits per heavy atom. The number of carbonyl (C=O) groups is 2. The molecule has 5 heteroatoms. The topological polar surface area (TPSA) is 49.4 Å². The summed E-state index contributed by atoms with van der Waals surface area (Å²) < 4.78 is 0. The van der Waals surface area contributed by atoms with E-state index in [1.165, 1.54) is 11.0 Å². The number of benzene rings is 2. The van der Waals surface area contributed by atoms with E-state index in [0.717, 1.165) is 22.4 Å². The smallest absolute Gasteiger partial charge is 0.246 e. The third-order valence-corrected chi connectivity index (χ3v) is 4.04. The lowest BCUT2D eigenvalue weighted by Gasteiger charge is -2.16. The van der Waals surface area contributed by atoms with Gasteiger partial charge in [0.05, 0.1) is 6.54 Å². The fourth-order valence-corrected chi connectivity index (χ4v) is 2.48. The number of likely N-dealkylation sites (N-methyl/N-ethyl adjacent to an activating group) is 1. The Balaban J connectivity index is 1.94. The minimum Gasteiger partial charge on any atom is -0.333 e. The van der Waals surface area contributed by atoms with Crippen LogP contribution in [0.5, 0.6) is 0 Å². The van der Waals surface area contributed by atoms with Gasteiger partial charge >= 0.3 is 0 Å². The molecule has 0 aromatic heterocycles. The summed E-state index contributed by atoms with van der Waals surface area (Å²) in [6.45, 7) is 3.86. The van der Waals surface area contributed by atoms with Gasteiger partial charge in [0.2, 0.25) is 11.8 Å². The average Bonchev–Trinajstić information content (AvgIpc) is 2.57. The van der Waals surface area contributed by atoms with Crippen molar-refractivity contribution >= 4 is 35.2 Å². The zero-order valence-electron chi connectivity index (χ0n) is 14.5. The summed E-state index contributed by atoms with van der Waals surface area (Å²) in [6.07, 6.45) is 3.13. The van der Waals surface area contributed by atoms with Gasteiger partial charge in [0.15, 0.2) is 0 Å². The van der Waals surface area contributed by atoms with E-state index in [0.29, 0.717) is 5.02 Å². The van der Waals surface area contributed by atoms with E-state index in [4.69, 9.17) is 11.6 Å². The van der Waals surface area contributed by atoms with Crippen molar-refractivity contribution in [2.24, 2.45) is 0 Å². The van der Waals surface area contributed by atoms with Crippen molar-refractivity contribution in [3.63, 3.8) is 0 Å². The van der Waals surface area contributed by atoms with Crippen molar-refractivity contribution in [1.82, 2.24) is 4.90 Å². The van der Waals surface area contributed by atoms with Gasteiger partial charge in [-0.15, -0.1) is 0 Å². The van der Waals surface area contributed by atoms with E-state index in [1.54, 1.807) is 25.3 Å². The Hall–Kier alpha value is -2.59. The maximum absolute atomic E-state index is 12.2. The molecule has 25 heavy (non-hydrogen) atoms. The maximum Gasteiger partial charge on any atom is 0.246 e. The number of carbonyl (C=O) groups excluding carboxylic acids is 2. The first-order valence-corrected chi connectivity index (χ1v) is 8.29. The molecule has 0 aliphatic heterocycles. The molecule has 1 N–H and O–H groups in total. The molecule has 0 saturated heterocycles. The molecule has 2 amide bonds. The predicted molar refractivity (Wildman–Crippen MR) is 103 cm³/mol. The van der Waals surface area contributed by atoms with Crippen molar-refractivity contribution in [3.8, 4) is 0 Å². The van der Waals surface area contributed by atoms with Crippen molar-refractivity contribution in [2.45, 2.75) is 13.8 Å². The lowest BCUT2D eigenvalue weighted by molar-refractivity contribution is -0.129. The molecule has 0 spiro atoms. The summed E-state index contributed by atoms with van der Waals surface area (Å²) in [4.78, 5) is 25.7. The van der Waals surface area contributed by atoms with E-state index in [-0.39, 0.29) is 18.4 Å². The first kappa shape index (κ1) is 18.7. The van der Waals surface area contributed by atoms with Gasteiger partial charge in [-0.05, 0) is 48.7 Å². The maximum atomic E-state index is 12.2. The van der Waals surface area contributed by atoms with Crippen LogP contribution in [0.4, 0.5) is 5.69 Å². The highest BCUT2D eigenvalue weighted by Gasteiger charge is 2.12. The van der Waals surface area contributed by atoms with Gasteiger partial charge in [-0.1, -0.05) is 41.9 Å². The molecule has 4 nitrogen and oxygen atoms in total. The minimum atomic E-state index is -0.244. The molecule has 2 rings (SSSR count). The molecule has 0 unspecified atom stereocenters. The monoisotopic (exact) mass is 356 g/mol. The summed E-state index contributed by atoms with van der Waals surface area (Å²) in [7, 11) is 1.60. The second kappa shape index (κ2) is 8.49. The molecule has 0 heterocycles. The Labute approximate surface area is 153 Å². The molecule has 2 aromatic carbocycles. The van der Waals surface area contributed by atoms with Crippen LogP contribution in [0.25, 0.3) is 6.08 Å². The van der Waals surface area contributed by atoms with E-state index < -0.39 is 0 Å². The second-order valence-electron chi connectivity index (χ2n) is 5.89. The largest absolute Gasteiger partial charge is 0.333 e. The van der Waals surface area contributed by atoms with Gasteiger partial charge in [0.25, 0.3) is 0 Å². The number of aryl methyl sites for hydroxylation is 2. The van der Waals surface area contributed by atoms with Crippen molar-refractivity contribution in [2.75, 3.05) is 18.9 Å². The second-order valence-corrected chi connectivity index (χ2v) is 6.33. The highest BCUT2D eigenvalue weighted by molar-refractivity contribution is 6.30. The minimum absolute atomic E-state index is 0.0163. The van der Waals surface area contributed by atoms with Crippen LogP contribution in [0.15, 0.2) is 48.5 Å². The summed E-state index contributed by atoms with van der Waals surface area (Å²) in [5.41, 5.74) is 3.64. The van der Waals surface area contributed by atoms with Crippen LogP contribution in [0.3, 0.4) is 0 Å². The molecular formula is C20H21ClN2O2. The normalized spacial score (nSPS) is 10.7. The van der Waals surface area contributed by atoms with Crippen LogP contribution >= 0.6 is 11.6 Å². The van der Waals surface area contributed by atoms with Gasteiger partial charge in [-0.2, -0.15) is 0 Å². The van der Waals surface area contributed by atoms with Gasteiger partial charge in [-0.3, -0.25) is 9.59 Å². The Bertz CT molecular complexity index is 778. The molecule has 0 bridgehead atoms. The molecule has 0 aliphatic carbocycles. The third-order valence-electron chi connectivity index (χ3n) is 3.79. The van der Waals surface area contributed by atoms with E-state index in [9.17, 15) is 9.59 Å². The van der Waals surface area contributed by atoms with E-state index >= 15 is 0 Å². The number of amides is 2. The fourth-order valence-electron chi connectivity index (χ4n) is 2.35. The number of para-hydroxylation sites is 1. The number of nitrogens with one attached hydrogen (secondary N) is 1.